The van der Waals surface area contributed by atoms with Crippen molar-refractivity contribution in [1.82, 2.24) is 9.78 Å². The molecule has 1 unspecified atom stereocenters. The fourth-order valence-electron chi connectivity index (χ4n) is 1.59. The Balaban J connectivity index is 2.05. The molecule has 1 N–H and O–H groups in total. The van der Waals surface area contributed by atoms with Gasteiger partial charge in [0.1, 0.15) is 6.61 Å². The number of halogens is 1. The maximum absolute atomic E-state index is 13.7. The second-order valence-electron chi connectivity index (χ2n) is 4.14. The standard InChI is InChI=1S/C13H15FN2O2/c1-9(17)10-3-4-13(12(14)7-10)18-8-11-5-6-16(2)15-11/h3-7,9,17H,8H2,1-2H3. The Morgan fingerprint density at radius 1 is 1.44 bits per heavy atom. The highest BCUT2D eigenvalue weighted by atomic mass is 19.1. The first-order chi connectivity index (χ1) is 8.56. The SMILES string of the molecule is CC(O)c1ccc(OCc2ccn(C)n2)c(F)c1. The molecule has 0 radical (unpaired) electrons. The van der Waals surface area contributed by atoms with Crippen LogP contribution in [-0.4, -0.2) is 14.9 Å². The predicted molar refractivity (Wildman–Crippen MR) is 64.6 cm³/mol. The molecule has 1 atom stereocenters. The van der Waals surface area contributed by atoms with Gasteiger partial charge in [0.2, 0.25) is 0 Å². The summed E-state index contributed by atoms with van der Waals surface area (Å²) in [5.41, 5.74) is 1.26. The van der Waals surface area contributed by atoms with Gasteiger partial charge in [0.15, 0.2) is 11.6 Å². The van der Waals surface area contributed by atoms with Crippen LogP contribution in [0.4, 0.5) is 4.39 Å². The number of rotatable bonds is 4. The van der Waals surface area contributed by atoms with Gasteiger partial charge in [-0.15, -0.1) is 0 Å². The first-order valence-electron chi connectivity index (χ1n) is 5.65. The molecule has 1 aromatic carbocycles. The number of hydrogen-bond donors (Lipinski definition) is 1. The van der Waals surface area contributed by atoms with Gasteiger partial charge in [-0.3, -0.25) is 4.68 Å². The summed E-state index contributed by atoms with van der Waals surface area (Å²) in [6, 6.07) is 6.24. The molecule has 0 fully saturated rings. The summed E-state index contributed by atoms with van der Waals surface area (Å²) in [5, 5.41) is 13.5. The number of aryl methyl sites for hydroxylation is 1. The molecule has 0 aliphatic heterocycles. The molecule has 0 amide bonds. The highest BCUT2D eigenvalue weighted by Crippen LogP contribution is 2.22. The Hall–Kier alpha value is -1.88. The number of nitrogens with zero attached hydrogens (tertiary/aromatic N) is 2. The highest BCUT2D eigenvalue weighted by Gasteiger charge is 2.08. The van der Waals surface area contributed by atoms with Crippen LogP contribution in [0.15, 0.2) is 30.5 Å². The number of aliphatic hydroxyl groups excluding tert-OH is 1. The van der Waals surface area contributed by atoms with Crippen molar-refractivity contribution < 1.29 is 14.2 Å². The molecule has 1 heterocycles. The summed E-state index contributed by atoms with van der Waals surface area (Å²) >= 11 is 0. The van der Waals surface area contributed by atoms with E-state index in [0.717, 1.165) is 5.69 Å². The third kappa shape index (κ3) is 2.87. The number of benzene rings is 1. The molecule has 5 heteroatoms. The van der Waals surface area contributed by atoms with Crippen molar-refractivity contribution in [1.29, 1.82) is 0 Å². The molecule has 1 aromatic heterocycles. The van der Waals surface area contributed by atoms with Crippen LogP contribution in [0.5, 0.6) is 5.75 Å². The fraction of sp³-hybridized carbons (Fsp3) is 0.308. The summed E-state index contributed by atoms with van der Waals surface area (Å²) in [6.45, 7) is 1.80. The van der Waals surface area contributed by atoms with Crippen LogP contribution in [0.2, 0.25) is 0 Å². The van der Waals surface area contributed by atoms with Crippen LogP contribution in [-0.2, 0) is 13.7 Å². The number of ether oxygens (including phenoxy) is 1. The Kier molecular flexibility index (Phi) is 3.62. The van der Waals surface area contributed by atoms with Gasteiger partial charge in [-0.05, 0) is 30.7 Å². The van der Waals surface area contributed by atoms with Crippen LogP contribution < -0.4 is 4.74 Å². The summed E-state index contributed by atoms with van der Waals surface area (Å²) in [6.07, 6.45) is 1.11. The van der Waals surface area contributed by atoms with Crippen LogP contribution in [0, 0.1) is 5.82 Å². The van der Waals surface area contributed by atoms with Crippen LogP contribution in [0.25, 0.3) is 0 Å². The van der Waals surface area contributed by atoms with E-state index < -0.39 is 11.9 Å². The van der Waals surface area contributed by atoms with Crippen molar-refractivity contribution >= 4 is 0 Å². The first kappa shape index (κ1) is 12.6. The minimum absolute atomic E-state index is 0.157. The third-order valence-electron chi connectivity index (χ3n) is 2.58. The van der Waals surface area contributed by atoms with E-state index in [1.165, 1.54) is 12.1 Å². The van der Waals surface area contributed by atoms with Crippen molar-refractivity contribution in [2.75, 3.05) is 0 Å². The van der Waals surface area contributed by atoms with E-state index >= 15 is 0 Å². The summed E-state index contributed by atoms with van der Waals surface area (Å²) < 4.78 is 20.7. The van der Waals surface area contributed by atoms with E-state index in [9.17, 15) is 9.50 Å². The van der Waals surface area contributed by atoms with Gasteiger partial charge >= 0.3 is 0 Å². The van der Waals surface area contributed by atoms with Crippen LogP contribution in [0.1, 0.15) is 24.3 Å². The molecule has 18 heavy (non-hydrogen) atoms. The molecule has 0 aliphatic carbocycles. The van der Waals surface area contributed by atoms with E-state index in [-0.39, 0.29) is 12.4 Å². The molecule has 0 saturated heterocycles. The lowest BCUT2D eigenvalue weighted by Gasteiger charge is -2.09. The minimum Gasteiger partial charge on any atom is -0.484 e. The van der Waals surface area contributed by atoms with Gasteiger partial charge in [0.25, 0.3) is 0 Å². The number of aliphatic hydroxyl groups is 1. The number of hydrogen-bond acceptors (Lipinski definition) is 3. The molecular weight excluding hydrogens is 235 g/mol. The quantitative estimate of drug-likeness (QED) is 0.904. The summed E-state index contributed by atoms with van der Waals surface area (Å²) in [4.78, 5) is 0. The summed E-state index contributed by atoms with van der Waals surface area (Å²) in [7, 11) is 1.81. The van der Waals surface area contributed by atoms with Gasteiger partial charge in [-0.2, -0.15) is 5.10 Å². The first-order valence-corrected chi connectivity index (χ1v) is 5.65. The van der Waals surface area contributed by atoms with E-state index in [1.54, 1.807) is 23.9 Å². The lowest BCUT2D eigenvalue weighted by atomic mass is 10.1. The topological polar surface area (TPSA) is 47.3 Å². The molecule has 2 aromatic rings. The average molecular weight is 250 g/mol. The second kappa shape index (κ2) is 5.18. The minimum atomic E-state index is -0.690. The molecule has 2 rings (SSSR count). The van der Waals surface area contributed by atoms with Crippen molar-refractivity contribution in [3.8, 4) is 5.75 Å². The zero-order valence-corrected chi connectivity index (χ0v) is 10.3. The highest BCUT2D eigenvalue weighted by molar-refractivity contribution is 5.30. The van der Waals surface area contributed by atoms with Crippen molar-refractivity contribution in [3.05, 3.63) is 47.5 Å². The maximum atomic E-state index is 13.7. The average Bonchev–Trinajstić information content (AvgIpc) is 2.73. The Morgan fingerprint density at radius 3 is 2.78 bits per heavy atom. The molecule has 0 saturated carbocycles. The second-order valence-corrected chi connectivity index (χ2v) is 4.14. The predicted octanol–water partition coefficient (Wildman–Crippen LogP) is 2.19. The van der Waals surface area contributed by atoms with E-state index in [1.807, 2.05) is 13.1 Å². The van der Waals surface area contributed by atoms with Crippen molar-refractivity contribution in [3.63, 3.8) is 0 Å². The molecule has 0 bridgehead atoms. The largest absolute Gasteiger partial charge is 0.484 e. The fourth-order valence-corrected chi connectivity index (χ4v) is 1.59. The van der Waals surface area contributed by atoms with Gasteiger partial charge in [-0.25, -0.2) is 4.39 Å². The van der Waals surface area contributed by atoms with Crippen LogP contribution in [0.3, 0.4) is 0 Å². The molecular formula is C13H15FN2O2. The normalized spacial score (nSPS) is 12.4. The van der Waals surface area contributed by atoms with Crippen molar-refractivity contribution in [2.45, 2.75) is 19.6 Å². The zero-order chi connectivity index (χ0) is 13.1. The zero-order valence-electron chi connectivity index (χ0n) is 10.3. The van der Waals surface area contributed by atoms with E-state index in [2.05, 4.69) is 5.10 Å². The molecule has 4 nitrogen and oxygen atoms in total. The van der Waals surface area contributed by atoms with Gasteiger partial charge < -0.3 is 9.84 Å². The lowest BCUT2D eigenvalue weighted by Crippen LogP contribution is -2.00. The van der Waals surface area contributed by atoms with Gasteiger partial charge in [0.05, 0.1) is 11.8 Å². The Bertz CT molecular complexity index is 538. The smallest absolute Gasteiger partial charge is 0.165 e. The Labute approximate surface area is 105 Å². The maximum Gasteiger partial charge on any atom is 0.165 e. The monoisotopic (exact) mass is 250 g/mol. The molecule has 0 spiro atoms. The van der Waals surface area contributed by atoms with Gasteiger partial charge in [0, 0.05) is 13.2 Å². The van der Waals surface area contributed by atoms with Crippen molar-refractivity contribution in [2.24, 2.45) is 7.05 Å². The number of aromatic nitrogens is 2. The third-order valence-corrected chi connectivity index (χ3v) is 2.58. The van der Waals surface area contributed by atoms with Gasteiger partial charge in [-0.1, -0.05) is 6.07 Å². The summed E-state index contributed by atoms with van der Waals surface area (Å²) in [5.74, 6) is -0.325. The van der Waals surface area contributed by atoms with E-state index in [0.29, 0.717) is 5.56 Å². The Morgan fingerprint density at radius 2 is 2.22 bits per heavy atom. The molecule has 0 aliphatic rings. The molecule has 96 valence electrons. The van der Waals surface area contributed by atoms with E-state index in [4.69, 9.17) is 4.74 Å². The van der Waals surface area contributed by atoms with Crippen LogP contribution >= 0.6 is 0 Å². The lowest BCUT2D eigenvalue weighted by molar-refractivity contribution is 0.198.